The second-order valence-corrected chi connectivity index (χ2v) is 7.35. The lowest BCUT2D eigenvalue weighted by Crippen LogP contribution is -2.08. The Labute approximate surface area is 115 Å². The summed E-state index contributed by atoms with van der Waals surface area (Å²) in [6.07, 6.45) is 1.89. The molecule has 0 aliphatic carbocycles. The van der Waals surface area contributed by atoms with Crippen LogP contribution in [0.4, 0.5) is 14.6 Å². The van der Waals surface area contributed by atoms with E-state index in [-0.39, 0.29) is 22.3 Å². The minimum atomic E-state index is -3.10. The van der Waals surface area contributed by atoms with E-state index in [1.807, 2.05) is 6.92 Å². The van der Waals surface area contributed by atoms with Crippen molar-refractivity contribution in [2.24, 2.45) is 0 Å². The van der Waals surface area contributed by atoms with Crippen LogP contribution in [0.3, 0.4) is 0 Å². The third-order valence-corrected chi connectivity index (χ3v) is 4.30. The van der Waals surface area contributed by atoms with Crippen LogP contribution < -0.4 is 5.32 Å². The minimum absolute atomic E-state index is 0.00338. The van der Waals surface area contributed by atoms with Crippen LogP contribution in [0.2, 0.25) is 0 Å². The molecule has 1 aromatic heterocycles. The number of anilines is 1. The van der Waals surface area contributed by atoms with E-state index in [0.29, 0.717) is 6.54 Å². The summed E-state index contributed by atoms with van der Waals surface area (Å²) in [5.41, 5.74) is 0. The van der Waals surface area contributed by atoms with E-state index in [2.05, 4.69) is 10.3 Å². The first-order valence-electron chi connectivity index (χ1n) is 5.74. The normalized spacial score (nSPS) is 11.6. The summed E-state index contributed by atoms with van der Waals surface area (Å²) >= 11 is 0.958. The van der Waals surface area contributed by atoms with Crippen molar-refractivity contribution in [1.29, 1.82) is 0 Å². The molecule has 0 radical (unpaired) electrons. The third-order valence-electron chi connectivity index (χ3n) is 2.13. The summed E-state index contributed by atoms with van der Waals surface area (Å²) < 4.78 is 48.8. The number of pyridine rings is 1. The molecule has 1 N–H and O–H groups in total. The molecule has 0 aliphatic heterocycles. The van der Waals surface area contributed by atoms with Gasteiger partial charge in [-0.1, -0.05) is 6.92 Å². The van der Waals surface area contributed by atoms with Crippen LogP contribution in [0.25, 0.3) is 0 Å². The Morgan fingerprint density at radius 2 is 2.05 bits per heavy atom. The molecule has 1 rings (SSSR count). The molecule has 0 bridgehead atoms. The Bertz CT molecular complexity index is 536. The van der Waals surface area contributed by atoms with Crippen molar-refractivity contribution >= 4 is 27.4 Å². The van der Waals surface area contributed by atoms with Gasteiger partial charge in [0.25, 0.3) is 0 Å². The van der Waals surface area contributed by atoms with Crippen molar-refractivity contribution in [3.8, 4) is 0 Å². The van der Waals surface area contributed by atoms with E-state index in [0.717, 1.165) is 30.5 Å². The number of aromatic nitrogens is 1. The summed E-state index contributed by atoms with van der Waals surface area (Å²) in [6.45, 7) is 2.44. The first-order valence-corrected chi connectivity index (χ1v) is 8.78. The molecule has 0 atom stereocenters. The van der Waals surface area contributed by atoms with Gasteiger partial charge in [0.2, 0.25) is 0 Å². The number of nitrogens with one attached hydrogen (secondary N) is 1. The Morgan fingerprint density at radius 1 is 1.37 bits per heavy atom. The summed E-state index contributed by atoms with van der Waals surface area (Å²) in [5, 5.41) is 2.76. The molecular formula is C11H16F2N2O2S2. The standard InChI is InChI=1S/C11H16F2N2O2S2/c1-3-4-14-10-8(12)7-9(13)11(15-10)18-5-6-19(2,16)17/h7H,3-6H2,1-2H3,(H,14,15). The Balaban J connectivity index is 2.76. The quantitative estimate of drug-likeness (QED) is 0.783. The average molecular weight is 310 g/mol. The Kier molecular flexibility index (Phi) is 5.99. The van der Waals surface area contributed by atoms with Gasteiger partial charge in [0.05, 0.1) is 5.75 Å². The Morgan fingerprint density at radius 3 is 2.63 bits per heavy atom. The highest BCUT2D eigenvalue weighted by molar-refractivity contribution is 8.00. The lowest BCUT2D eigenvalue weighted by Gasteiger charge is -2.08. The van der Waals surface area contributed by atoms with Crippen molar-refractivity contribution in [2.45, 2.75) is 18.4 Å². The van der Waals surface area contributed by atoms with Crippen molar-refractivity contribution in [3.63, 3.8) is 0 Å². The highest BCUT2D eigenvalue weighted by Gasteiger charge is 2.13. The van der Waals surface area contributed by atoms with E-state index in [4.69, 9.17) is 0 Å². The molecule has 0 amide bonds. The maximum Gasteiger partial charge on any atom is 0.168 e. The van der Waals surface area contributed by atoms with Gasteiger partial charge in [0.1, 0.15) is 14.9 Å². The number of halogens is 2. The van der Waals surface area contributed by atoms with Crippen molar-refractivity contribution in [3.05, 3.63) is 17.7 Å². The van der Waals surface area contributed by atoms with Gasteiger partial charge in [0, 0.05) is 24.6 Å². The van der Waals surface area contributed by atoms with Gasteiger partial charge >= 0.3 is 0 Å². The zero-order valence-electron chi connectivity index (χ0n) is 10.7. The first kappa shape index (κ1) is 16.2. The second kappa shape index (κ2) is 7.04. The van der Waals surface area contributed by atoms with E-state index >= 15 is 0 Å². The molecule has 4 nitrogen and oxygen atoms in total. The van der Waals surface area contributed by atoms with E-state index in [1.165, 1.54) is 0 Å². The molecule has 0 spiro atoms. The van der Waals surface area contributed by atoms with Gasteiger partial charge in [0.15, 0.2) is 17.5 Å². The Hall–Kier alpha value is -0.890. The lowest BCUT2D eigenvalue weighted by molar-refractivity contribution is 0.551. The van der Waals surface area contributed by atoms with Gasteiger partial charge in [-0.3, -0.25) is 0 Å². The molecule has 0 saturated heterocycles. The van der Waals surface area contributed by atoms with E-state index in [9.17, 15) is 17.2 Å². The highest BCUT2D eigenvalue weighted by Crippen LogP contribution is 2.24. The van der Waals surface area contributed by atoms with Crippen molar-refractivity contribution < 1.29 is 17.2 Å². The van der Waals surface area contributed by atoms with Crippen LogP contribution in [0.5, 0.6) is 0 Å². The maximum atomic E-state index is 13.5. The summed E-state index contributed by atoms with van der Waals surface area (Å²) in [4.78, 5) is 3.84. The van der Waals surface area contributed by atoms with Crippen LogP contribution in [0.15, 0.2) is 11.1 Å². The highest BCUT2D eigenvalue weighted by atomic mass is 32.2. The number of nitrogens with zero attached hydrogens (tertiary/aromatic N) is 1. The zero-order chi connectivity index (χ0) is 14.5. The predicted molar refractivity (Wildman–Crippen MR) is 73.4 cm³/mol. The van der Waals surface area contributed by atoms with Crippen molar-refractivity contribution in [2.75, 3.05) is 29.6 Å². The van der Waals surface area contributed by atoms with E-state index < -0.39 is 21.5 Å². The molecule has 19 heavy (non-hydrogen) atoms. The molecule has 1 heterocycles. The zero-order valence-corrected chi connectivity index (χ0v) is 12.4. The smallest absolute Gasteiger partial charge is 0.168 e. The topological polar surface area (TPSA) is 59.1 Å². The van der Waals surface area contributed by atoms with Crippen LogP contribution in [-0.4, -0.2) is 37.7 Å². The molecule has 0 aliphatic rings. The molecule has 0 aromatic carbocycles. The monoisotopic (exact) mass is 310 g/mol. The number of hydrogen-bond donors (Lipinski definition) is 1. The second-order valence-electron chi connectivity index (χ2n) is 4.01. The van der Waals surface area contributed by atoms with Crippen molar-refractivity contribution in [1.82, 2.24) is 4.98 Å². The van der Waals surface area contributed by atoms with Crippen LogP contribution in [0.1, 0.15) is 13.3 Å². The fraction of sp³-hybridized carbons (Fsp3) is 0.545. The summed E-state index contributed by atoms with van der Waals surface area (Å²) in [7, 11) is -3.10. The van der Waals surface area contributed by atoms with Crippen LogP contribution in [-0.2, 0) is 9.84 Å². The van der Waals surface area contributed by atoms with Gasteiger partial charge < -0.3 is 5.32 Å². The van der Waals surface area contributed by atoms with Gasteiger partial charge in [-0.05, 0) is 6.42 Å². The molecule has 8 heteroatoms. The predicted octanol–water partition coefficient (Wildman–Crippen LogP) is 2.32. The summed E-state index contributed by atoms with van der Waals surface area (Å²) in [6, 6.07) is 0.758. The molecular weight excluding hydrogens is 294 g/mol. The van der Waals surface area contributed by atoms with Crippen LogP contribution >= 0.6 is 11.8 Å². The molecule has 0 unspecified atom stereocenters. The fourth-order valence-electron chi connectivity index (χ4n) is 1.21. The first-order chi connectivity index (χ1) is 8.83. The fourth-order valence-corrected chi connectivity index (χ4v) is 3.30. The van der Waals surface area contributed by atoms with Crippen LogP contribution in [0, 0.1) is 11.6 Å². The third kappa shape index (κ3) is 5.73. The number of rotatable bonds is 7. The van der Waals surface area contributed by atoms with E-state index in [1.54, 1.807) is 0 Å². The molecule has 1 aromatic rings. The number of sulfone groups is 1. The lowest BCUT2D eigenvalue weighted by atomic mass is 10.4. The molecule has 0 saturated carbocycles. The van der Waals surface area contributed by atoms with Gasteiger partial charge in [-0.15, -0.1) is 11.8 Å². The largest absolute Gasteiger partial charge is 0.368 e. The van der Waals surface area contributed by atoms with Gasteiger partial charge in [-0.2, -0.15) is 0 Å². The molecule has 108 valence electrons. The number of thioether (sulfide) groups is 1. The average Bonchev–Trinajstić information content (AvgIpc) is 2.29. The SMILES string of the molecule is CCCNc1nc(SCCS(C)(=O)=O)c(F)cc1F. The maximum absolute atomic E-state index is 13.5. The van der Waals surface area contributed by atoms with Gasteiger partial charge in [-0.25, -0.2) is 22.2 Å². The number of hydrogen-bond acceptors (Lipinski definition) is 5. The summed E-state index contributed by atoms with van der Waals surface area (Å²) in [5.74, 6) is -1.43. The molecule has 0 fully saturated rings. The minimum Gasteiger partial charge on any atom is -0.368 e.